The number of aliphatic carboxylic acids is 1. The minimum Gasteiger partial charge on any atom is -0.478 e. The molecule has 0 aromatic heterocycles. The number of hydrogen-bond donors (Lipinski definition) is 2. The Hall–Kier alpha value is -2.30. The van der Waals surface area contributed by atoms with Crippen molar-refractivity contribution in [2.45, 2.75) is 12.8 Å². The maximum absolute atomic E-state index is 11.1. The molecule has 0 heterocycles. The first-order chi connectivity index (χ1) is 8.54. The maximum atomic E-state index is 11.1. The minimum atomic E-state index is -1.04. The number of nitrogen functional groups attached to an aromatic ring is 1. The number of benzene rings is 1. The van der Waals surface area contributed by atoms with Crippen molar-refractivity contribution < 1.29 is 19.4 Å². The van der Waals surface area contributed by atoms with E-state index in [1.54, 1.807) is 18.2 Å². The van der Waals surface area contributed by atoms with E-state index in [1.807, 2.05) is 0 Å². The molecule has 3 N–H and O–H groups in total. The third-order valence-corrected chi connectivity index (χ3v) is 2.45. The van der Waals surface area contributed by atoms with Gasteiger partial charge in [-0.25, -0.2) is 4.79 Å². The first kappa shape index (κ1) is 13.8. The molecule has 0 aliphatic carbocycles. The van der Waals surface area contributed by atoms with Crippen LogP contribution in [0.1, 0.15) is 17.5 Å². The standard InChI is InChI=1S/C13H15NO4/c1-18-13(17)8-5-9-3-2-4-11(14)10(9)6-7-12(15)16/h2-4,6-7H,5,8,14H2,1H3,(H,15,16)/b7-6+. The Morgan fingerprint density at radius 2 is 2.17 bits per heavy atom. The van der Waals surface area contributed by atoms with Gasteiger partial charge in [-0.2, -0.15) is 0 Å². The molecule has 0 saturated carbocycles. The summed E-state index contributed by atoms with van der Waals surface area (Å²) in [5.74, 6) is -1.36. The molecule has 0 saturated heterocycles. The normalized spacial score (nSPS) is 10.5. The Bertz CT molecular complexity index is 480. The zero-order valence-corrected chi connectivity index (χ0v) is 10.1. The molecule has 0 radical (unpaired) electrons. The molecule has 0 unspecified atom stereocenters. The Morgan fingerprint density at radius 1 is 1.44 bits per heavy atom. The summed E-state index contributed by atoms with van der Waals surface area (Å²) in [6, 6.07) is 5.25. The van der Waals surface area contributed by atoms with E-state index in [1.165, 1.54) is 13.2 Å². The summed E-state index contributed by atoms with van der Waals surface area (Å²) in [5, 5.41) is 8.61. The van der Waals surface area contributed by atoms with Crippen LogP contribution in [0.4, 0.5) is 5.69 Å². The van der Waals surface area contributed by atoms with Crippen molar-refractivity contribution in [2.24, 2.45) is 0 Å². The Balaban J connectivity index is 2.93. The number of nitrogens with two attached hydrogens (primary N) is 1. The van der Waals surface area contributed by atoms with Crippen LogP contribution in [0.25, 0.3) is 6.08 Å². The highest BCUT2D eigenvalue weighted by Gasteiger charge is 2.07. The summed E-state index contributed by atoms with van der Waals surface area (Å²) >= 11 is 0. The number of methoxy groups -OCH3 is 1. The summed E-state index contributed by atoms with van der Waals surface area (Å²) in [6.07, 6.45) is 3.14. The second-order valence-electron chi connectivity index (χ2n) is 3.67. The number of hydrogen-bond acceptors (Lipinski definition) is 4. The summed E-state index contributed by atoms with van der Waals surface area (Å²) in [6.45, 7) is 0. The van der Waals surface area contributed by atoms with Crippen molar-refractivity contribution in [3.05, 3.63) is 35.4 Å². The zero-order chi connectivity index (χ0) is 13.5. The van der Waals surface area contributed by atoms with E-state index in [9.17, 15) is 9.59 Å². The van der Waals surface area contributed by atoms with E-state index in [4.69, 9.17) is 10.8 Å². The maximum Gasteiger partial charge on any atom is 0.328 e. The summed E-state index contributed by atoms with van der Waals surface area (Å²) < 4.78 is 4.56. The fraction of sp³-hybridized carbons (Fsp3) is 0.231. The SMILES string of the molecule is COC(=O)CCc1cccc(N)c1/C=C/C(=O)O. The third-order valence-electron chi connectivity index (χ3n) is 2.45. The largest absolute Gasteiger partial charge is 0.478 e. The smallest absolute Gasteiger partial charge is 0.328 e. The average Bonchev–Trinajstić information content (AvgIpc) is 2.34. The van der Waals surface area contributed by atoms with Crippen molar-refractivity contribution in [2.75, 3.05) is 12.8 Å². The molecule has 18 heavy (non-hydrogen) atoms. The summed E-state index contributed by atoms with van der Waals surface area (Å²) in [5.41, 5.74) is 7.71. The Kier molecular flexibility index (Phi) is 4.92. The quantitative estimate of drug-likeness (QED) is 0.468. The first-order valence-electron chi connectivity index (χ1n) is 5.39. The fourth-order valence-corrected chi connectivity index (χ4v) is 1.55. The van der Waals surface area contributed by atoms with Gasteiger partial charge in [-0.15, -0.1) is 0 Å². The van der Waals surface area contributed by atoms with Crippen LogP contribution >= 0.6 is 0 Å². The summed E-state index contributed by atoms with van der Waals surface area (Å²) in [7, 11) is 1.33. The number of esters is 1. The van der Waals surface area contributed by atoms with Gasteiger partial charge in [0.2, 0.25) is 0 Å². The number of carboxylic acid groups (broad SMARTS) is 1. The molecular formula is C13H15NO4. The van der Waals surface area contributed by atoms with Crippen LogP contribution in [-0.4, -0.2) is 24.2 Å². The highest BCUT2D eigenvalue weighted by atomic mass is 16.5. The highest BCUT2D eigenvalue weighted by molar-refractivity contribution is 5.87. The first-order valence-corrected chi connectivity index (χ1v) is 5.39. The van der Waals surface area contributed by atoms with Crippen LogP contribution in [-0.2, 0) is 20.7 Å². The molecule has 96 valence electrons. The van der Waals surface area contributed by atoms with Gasteiger partial charge in [-0.1, -0.05) is 12.1 Å². The Labute approximate surface area is 105 Å². The predicted molar refractivity (Wildman–Crippen MR) is 67.9 cm³/mol. The lowest BCUT2D eigenvalue weighted by Crippen LogP contribution is -2.04. The second kappa shape index (κ2) is 6.44. The van der Waals surface area contributed by atoms with Gasteiger partial charge in [0.15, 0.2) is 0 Å². The molecule has 0 amide bonds. The lowest BCUT2D eigenvalue weighted by Gasteiger charge is -2.08. The number of rotatable bonds is 5. The van der Waals surface area contributed by atoms with Crippen LogP contribution in [0, 0.1) is 0 Å². The van der Waals surface area contributed by atoms with Gasteiger partial charge in [0, 0.05) is 23.7 Å². The fourth-order valence-electron chi connectivity index (χ4n) is 1.55. The number of carboxylic acids is 1. The van der Waals surface area contributed by atoms with Crippen molar-refractivity contribution in [1.82, 2.24) is 0 Å². The van der Waals surface area contributed by atoms with Crippen LogP contribution in [0.5, 0.6) is 0 Å². The van der Waals surface area contributed by atoms with Gasteiger partial charge in [-0.05, 0) is 24.1 Å². The molecule has 1 rings (SSSR count). The van der Waals surface area contributed by atoms with E-state index in [-0.39, 0.29) is 12.4 Å². The van der Waals surface area contributed by atoms with Crippen molar-refractivity contribution in [3.63, 3.8) is 0 Å². The number of aryl methyl sites for hydroxylation is 1. The molecule has 1 aromatic carbocycles. The predicted octanol–water partition coefficient (Wildman–Crippen LogP) is 1.47. The van der Waals surface area contributed by atoms with Crippen LogP contribution in [0.2, 0.25) is 0 Å². The zero-order valence-electron chi connectivity index (χ0n) is 10.1. The number of anilines is 1. The van der Waals surface area contributed by atoms with Gasteiger partial charge in [0.05, 0.1) is 7.11 Å². The molecule has 0 aliphatic heterocycles. The molecular weight excluding hydrogens is 234 g/mol. The molecule has 0 aliphatic rings. The number of ether oxygens (including phenoxy) is 1. The lowest BCUT2D eigenvalue weighted by atomic mass is 10.0. The molecule has 0 spiro atoms. The Morgan fingerprint density at radius 3 is 2.78 bits per heavy atom. The van der Waals surface area contributed by atoms with Crippen molar-refractivity contribution in [3.8, 4) is 0 Å². The lowest BCUT2D eigenvalue weighted by molar-refractivity contribution is -0.140. The minimum absolute atomic E-state index is 0.230. The molecule has 0 fully saturated rings. The van der Waals surface area contributed by atoms with E-state index in [0.29, 0.717) is 17.7 Å². The van der Waals surface area contributed by atoms with Gasteiger partial charge < -0.3 is 15.6 Å². The summed E-state index contributed by atoms with van der Waals surface area (Å²) in [4.78, 5) is 21.6. The van der Waals surface area contributed by atoms with E-state index in [0.717, 1.165) is 11.6 Å². The van der Waals surface area contributed by atoms with E-state index < -0.39 is 5.97 Å². The molecule has 5 heteroatoms. The second-order valence-corrected chi connectivity index (χ2v) is 3.67. The van der Waals surface area contributed by atoms with E-state index in [2.05, 4.69) is 4.74 Å². The molecule has 5 nitrogen and oxygen atoms in total. The molecule has 0 atom stereocenters. The molecule has 0 bridgehead atoms. The monoisotopic (exact) mass is 249 g/mol. The third kappa shape index (κ3) is 3.93. The van der Waals surface area contributed by atoms with Crippen LogP contribution in [0.15, 0.2) is 24.3 Å². The average molecular weight is 249 g/mol. The van der Waals surface area contributed by atoms with Crippen molar-refractivity contribution in [1.29, 1.82) is 0 Å². The topological polar surface area (TPSA) is 89.6 Å². The van der Waals surface area contributed by atoms with Crippen LogP contribution in [0.3, 0.4) is 0 Å². The van der Waals surface area contributed by atoms with Gasteiger partial charge in [-0.3, -0.25) is 4.79 Å². The van der Waals surface area contributed by atoms with Gasteiger partial charge in [0.25, 0.3) is 0 Å². The molecule has 1 aromatic rings. The highest BCUT2D eigenvalue weighted by Crippen LogP contribution is 2.20. The van der Waals surface area contributed by atoms with Crippen molar-refractivity contribution >= 4 is 23.7 Å². The van der Waals surface area contributed by atoms with Gasteiger partial charge >= 0.3 is 11.9 Å². The number of carbonyl (C=O) groups excluding carboxylic acids is 1. The van der Waals surface area contributed by atoms with E-state index >= 15 is 0 Å². The van der Waals surface area contributed by atoms with Crippen LogP contribution < -0.4 is 5.73 Å². The number of carbonyl (C=O) groups is 2. The van der Waals surface area contributed by atoms with Gasteiger partial charge in [0.1, 0.15) is 0 Å².